The lowest BCUT2D eigenvalue weighted by atomic mass is 9.98. The van der Waals surface area contributed by atoms with Crippen LogP contribution in [0.5, 0.6) is 0 Å². The molecule has 0 bridgehead atoms. The number of pyridine rings is 1. The van der Waals surface area contributed by atoms with E-state index in [1.807, 2.05) is 12.1 Å². The lowest BCUT2D eigenvalue weighted by Crippen LogP contribution is -2.03. The molecular formula is C17H13F2NO. The predicted octanol–water partition coefficient (Wildman–Crippen LogP) is 3.79. The molecule has 1 heterocycles. The van der Waals surface area contributed by atoms with E-state index in [4.69, 9.17) is 0 Å². The van der Waals surface area contributed by atoms with E-state index in [1.54, 1.807) is 24.4 Å². The first-order chi connectivity index (χ1) is 10.1. The quantitative estimate of drug-likeness (QED) is 0.794. The number of halogens is 2. The van der Waals surface area contributed by atoms with Crippen LogP contribution in [0.4, 0.5) is 8.78 Å². The van der Waals surface area contributed by atoms with Crippen LogP contribution in [-0.4, -0.2) is 10.1 Å². The van der Waals surface area contributed by atoms with Gasteiger partial charge in [0, 0.05) is 24.1 Å². The summed E-state index contributed by atoms with van der Waals surface area (Å²) < 4.78 is 26.4. The Hall–Kier alpha value is -2.33. The maximum absolute atomic E-state index is 13.2. The number of aliphatic hydroxyl groups excluding tert-OH is 1. The van der Waals surface area contributed by atoms with Crippen molar-refractivity contribution in [1.82, 2.24) is 4.98 Å². The minimum absolute atomic E-state index is 0.142. The highest BCUT2D eigenvalue weighted by Gasteiger charge is 2.13. The van der Waals surface area contributed by atoms with Gasteiger partial charge in [-0.05, 0) is 35.4 Å². The number of fused-ring (bicyclic) bond motifs is 1. The first-order valence-electron chi connectivity index (χ1n) is 6.60. The Balaban J connectivity index is 1.95. The molecule has 0 aliphatic carbocycles. The van der Waals surface area contributed by atoms with Gasteiger partial charge in [0.15, 0.2) is 0 Å². The summed E-state index contributed by atoms with van der Waals surface area (Å²) in [4.78, 5) is 4.23. The maximum atomic E-state index is 13.2. The van der Waals surface area contributed by atoms with E-state index in [0.717, 1.165) is 17.0 Å². The molecule has 1 N–H and O–H groups in total. The topological polar surface area (TPSA) is 33.1 Å². The van der Waals surface area contributed by atoms with E-state index in [0.29, 0.717) is 11.1 Å². The summed E-state index contributed by atoms with van der Waals surface area (Å²) in [5.41, 5.74) is 1.89. The van der Waals surface area contributed by atoms with Crippen LogP contribution in [0.15, 0.2) is 54.7 Å². The van der Waals surface area contributed by atoms with Crippen molar-refractivity contribution < 1.29 is 13.9 Å². The highest BCUT2D eigenvalue weighted by atomic mass is 19.1. The molecular weight excluding hydrogens is 272 g/mol. The average Bonchev–Trinajstić information content (AvgIpc) is 2.45. The summed E-state index contributed by atoms with van der Waals surface area (Å²) in [6.45, 7) is 0. The van der Waals surface area contributed by atoms with E-state index in [2.05, 4.69) is 4.98 Å². The van der Waals surface area contributed by atoms with Gasteiger partial charge in [-0.3, -0.25) is 4.98 Å². The number of aliphatic hydroxyl groups is 1. The van der Waals surface area contributed by atoms with Gasteiger partial charge in [0.25, 0.3) is 0 Å². The van der Waals surface area contributed by atoms with Crippen molar-refractivity contribution in [1.29, 1.82) is 0 Å². The van der Waals surface area contributed by atoms with Crippen LogP contribution < -0.4 is 0 Å². The summed E-state index contributed by atoms with van der Waals surface area (Å²) in [5.74, 6) is -1.28. The van der Waals surface area contributed by atoms with Crippen LogP contribution in [0.1, 0.15) is 17.2 Å². The first-order valence-corrected chi connectivity index (χ1v) is 6.60. The Kier molecular flexibility index (Phi) is 3.62. The maximum Gasteiger partial charge on any atom is 0.126 e. The molecule has 0 saturated carbocycles. The van der Waals surface area contributed by atoms with Gasteiger partial charge in [0.05, 0.1) is 11.6 Å². The molecule has 0 aliphatic heterocycles. The largest absolute Gasteiger partial charge is 0.388 e. The number of hydrogen-bond acceptors (Lipinski definition) is 2. The molecule has 0 aliphatic rings. The van der Waals surface area contributed by atoms with E-state index >= 15 is 0 Å². The molecule has 3 aromatic rings. The standard InChI is InChI=1S/C17H13F2NO/c18-12-7-11(8-13(19)10-12)9-17(21)15-3-1-5-16-14(15)4-2-6-20-16/h1-8,10,17,21H,9H2. The van der Waals surface area contributed by atoms with Crippen molar-refractivity contribution in [3.05, 3.63) is 77.5 Å². The van der Waals surface area contributed by atoms with Crippen LogP contribution >= 0.6 is 0 Å². The van der Waals surface area contributed by atoms with Gasteiger partial charge in [-0.15, -0.1) is 0 Å². The van der Waals surface area contributed by atoms with Crippen LogP contribution in [0.2, 0.25) is 0 Å². The van der Waals surface area contributed by atoms with Gasteiger partial charge >= 0.3 is 0 Å². The zero-order valence-corrected chi connectivity index (χ0v) is 11.1. The fourth-order valence-electron chi connectivity index (χ4n) is 2.48. The second-order valence-electron chi connectivity index (χ2n) is 4.91. The molecule has 0 amide bonds. The van der Waals surface area contributed by atoms with Gasteiger partial charge in [0.1, 0.15) is 11.6 Å². The fourth-order valence-corrected chi connectivity index (χ4v) is 2.48. The van der Waals surface area contributed by atoms with E-state index in [9.17, 15) is 13.9 Å². The monoisotopic (exact) mass is 285 g/mol. The number of aromatic nitrogens is 1. The molecule has 0 saturated heterocycles. The smallest absolute Gasteiger partial charge is 0.126 e. The highest BCUT2D eigenvalue weighted by Crippen LogP contribution is 2.26. The fraction of sp³-hybridized carbons (Fsp3) is 0.118. The molecule has 0 spiro atoms. The summed E-state index contributed by atoms with van der Waals surface area (Å²) in [6, 6.07) is 12.4. The number of benzene rings is 2. The SMILES string of the molecule is OC(Cc1cc(F)cc(F)c1)c1cccc2ncccc12. The molecule has 1 atom stereocenters. The lowest BCUT2D eigenvalue weighted by molar-refractivity contribution is 0.180. The number of rotatable bonds is 3. The normalized spacial score (nSPS) is 12.5. The van der Waals surface area contributed by atoms with Crippen molar-refractivity contribution in [3.8, 4) is 0 Å². The van der Waals surface area contributed by atoms with Crippen LogP contribution in [-0.2, 0) is 6.42 Å². The second-order valence-corrected chi connectivity index (χ2v) is 4.91. The molecule has 21 heavy (non-hydrogen) atoms. The molecule has 2 aromatic carbocycles. The van der Waals surface area contributed by atoms with E-state index < -0.39 is 17.7 Å². The van der Waals surface area contributed by atoms with E-state index in [1.165, 1.54) is 12.1 Å². The third-order valence-electron chi connectivity index (χ3n) is 3.39. The number of hydrogen-bond donors (Lipinski definition) is 1. The molecule has 1 aromatic heterocycles. The van der Waals surface area contributed by atoms with Crippen LogP contribution in [0, 0.1) is 11.6 Å². The Labute approximate surface area is 120 Å². The predicted molar refractivity (Wildman–Crippen MR) is 76.8 cm³/mol. The minimum Gasteiger partial charge on any atom is -0.388 e. The van der Waals surface area contributed by atoms with Crippen LogP contribution in [0.25, 0.3) is 10.9 Å². The molecule has 0 fully saturated rings. The zero-order valence-electron chi connectivity index (χ0n) is 11.1. The highest BCUT2D eigenvalue weighted by molar-refractivity contribution is 5.82. The Bertz CT molecular complexity index is 763. The van der Waals surface area contributed by atoms with E-state index in [-0.39, 0.29) is 6.42 Å². The second kappa shape index (κ2) is 5.58. The Morgan fingerprint density at radius 1 is 1.00 bits per heavy atom. The summed E-state index contributed by atoms with van der Waals surface area (Å²) >= 11 is 0. The molecule has 0 radical (unpaired) electrons. The average molecular weight is 285 g/mol. The van der Waals surface area contributed by atoms with Crippen molar-refractivity contribution in [3.63, 3.8) is 0 Å². The molecule has 4 heteroatoms. The number of nitrogens with zero attached hydrogens (tertiary/aromatic N) is 1. The van der Waals surface area contributed by atoms with Gasteiger partial charge in [-0.2, -0.15) is 0 Å². The molecule has 3 rings (SSSR count). The summed E-state index contributed by atoms with van der Waals surface area (Å²) in [7, 11) is 0. The van der Waals surface area contributed by atoms with Crippen molar-refractivity contribution in [2.24, 2.45) is 0 Å². The lowest BCUT2D eigenvalue weighted by Gasteiger charge is -2.13. The van der Waals surface area contributed by atoms with Crippen LogP contribution in [0.3, 0.4) is 0 Å². The third-order valence-corrected chi connectivity index (χ3v) is 3.39. The first kappa shape index (κ1) is 13.6. The van der Waals surface area contributed by atoms with Crippen molar-refractivity contribution in [2.75, 3.05) is 0 Å². The summed E-state index contributed by atoms with van der Waals surface area (Å²) in [6.07, 6.45) is 0.974. The zero-order chi connectivity index (χ0) is 14.8. The third kappa shape index (κ3) is 2.90. The van der Waals surface area contributed by atoms with Gasteiger partial charge in [-0.25, -0.2) is 8.78 Å². The molecule has 2 nitrogen and oxygen atoms in total. The van der Waals surface area contributed by atoms with Gasteiger partial charge < -0.3 is 5.11 Å². The Morgan fingerprint density at radius 3 is 2.52 bits per heavy atom. The van der Waals surface area contributed by atoms with Crippen molar-refractivity contribution >= 4 is 10.9 Å². The summed E-state index contributed by atoms with van der Waals surface area (Å²) in [5, 5.41) is 11.2. The van der Waals surface area contributed by atoms with Gasteiger partial charge in [-0.1, -0.05) is 18.2 Å². The van der Waals surface area contributed by atoms with Gasteiger partial charge in [0.2, 0.25) is 0 Å². The Morgan fingerprint density at radius 2 is 1.76 bits per heavy atom. The molecule has 106 valence electrons. The minimum atomic E-state index is -0.848. The molecule has 1 unspecified atom stereocenters. The van der Waals surface area contributed by atoms with Crippen molar-refractivity contribution in [2.45, 2.75) is 12.5 Å².